The van der Waals surface area contributed by atoms with Crippen LogP contribution >= 0.6 is 0 Å². The van der Waals surface area contributed by atoms with E-state index in [2.05, 4.69) is 10.2 Å². The van der Waals surface area contributed by atoms with Gasteiger partial charge in [0.2, 0.25) is 11.7 Å². The van der Waals surface area contributed by atoms with E-state index in [1.807, 2.05) is 24.3 Å². The summed E-state index contributed by atoms with van der Waals surface area (Å²) in [6.45, 7) is 2.82. The summed E-state index contributed by atoms with van der Waals surface area (Å²) >= 11 is 0. The molecular weight excluding hydrogens is 348 g/mol. The summed E-state index contributed by atoms with van der Waals surface area (Å²) in [5.74, 6) is -3.16. The third-order valence-corrected chi connectivity index (χ3v) is 7.02. The molecule has 7 nitrogen and oxygen atoms in total. The van der Waals surface area contributed by atoms with Crippen LogP contribution in [-0.4, -0.2) is 51.9 Å². The molecule has 1 aromatic carbocycles. The zero-order chi connectivity index (χ0) is 19.0. The number of carboxylic acids is 1. The van der Waals surface area contributed by atoms with Gasteiger partial charge in [0.25, 0.3) is 0 Å². The summed E-state index contributed by atoms with van der Waals surface area (Å²) in [4.78, 5) is 27.1. The second-order valence-corrected chi connectivity index (χ2v) is 8.23. The van der Waals surface area contributed by atoms with Gasteiger partial charge < -0.3 is 20.3 Å². The molecule has 1 spiro atoms. The highest BCUT2D eigenvalue weighted by Gasteiger charge is 2.62. The first-order valence-electron chi connectivity index (χ1n) is 9.33. The number of rotatable bonds is 1. The highest BCUT2D eigenvalue weighted by molar-refractivity contribution is 6.07. The largest absolute Gasteiger partial charge is 0.478 e. The second kappa shape index (κ2) is 5.33. The molecule has 142 valence electrons. The molecule has 3 N–H and O–H groups in total. The molecule has 5 atom stereocenters. The Morgan fingerprint density at radius 1 is 1.37 bits per heavy atom. The SMILES string of the molecule is C[C@]1(O)OC=C(C(=O)O)[C@H]2C[C@@H]3N(CC[C@]34C(=O)Nc3ccccc34)C[C@@H]21. The van der Waals surface area contributed by atoms with Gasteiger partial charge in [-0.2, -0.15) is 0 Å². The molecule has 2 fully saturated rings. The van der Waals surface area contributed by atoms with Gasteiger partial charge in [0.15, 0.2) is 0 Å². The molecule has 27 heavy (non-hydrogen) atoms. The Balaban J connectivity index is 1.58. The molecule has 7 heteroatoms. The van der Waals surface area contributed by atoms with Crippen molar-refractivity contribution < 1.29 is 24.5 Å². The van der Waals surface area contributed by atoms with Crippen LogP contribution in [0.25, 0.3) is 0 Å². The summed E-state index contributed by atoms with van der Waals surface area (Å²) in [5.41, 5.74) is 1.37. The Hall–Kier alpha value is -2.38. The predicted molar refractivity (Wildman–Crippen MR) is 95.8 cm³/mol. The number of amides is 1. The third kappa shape index (κ3) is 2.09. The average molecular weight is 370 g/mol. The normalized spacial score (nSPS) is 39.9. The summed E-state index contributed by atoms with van der Waals surface area (Å²) in [6, 6.07) is 7.66. The van der Waals surface area contributed by atoms with E-state index in [4.69, 9.17) is 4.74 Å². The van der Waals surface area contributed by atoms with Gasteiger partial charge >= 0.3 is 5.97 Å². The average Bonchev–Trinajstić information content (AvgIpc) is 3.13. The minimum atomic E-state index is -1.42. The number of aliphatic hydroxyl groups is 1. The van der Waals surface area contributed by atoms with E-state index in [-0.39, 0.29) is 29.4 Å². The van der Waals surface area contributed by atoms with Crippen LogP contribution in [0.4, 0.5) is 5.69 Å². The first kappa shape index (κ1) is 16.8. The number of anilines is 1. The molecular formula is C20H22N2O5. The van der Waals surface area contributed by atoms with Crippen LogP contribution in [0.5, 0.6) is 0 Å². The minimum Gasteiger partial charge on any atom is -0.478 e. The Kier molecular flexibility index (Phi) is 3.31. The van der Waals surface area contributed by atoms with E-state index < -0.39 is 17.2 Å². The molecule has 0 aliphatic carbocycles. The number of para-hydroxylation sites is 1. The highest BCUT2D eigenvalue weighted by atomic mass is 16.6. The van der Waals surface area contributed by atoms with Gasteiger partial charge in [-0.05, 0) is 31.0 Å². The van der Waals surface area contributed by atoms with Crippen LogP contribution in [0.15, 0.2) is 36.1 Å². The van der Waals surface area contributed by atoms with E-state index >= 15 is 0 Å². The van der Waals surface area contributed by atoms with Gasteiger partial charge in [-0.25, -0.2) is 4.79 Å². The second-order valence-electron chi connectivity index (χ2n) is 8.23. The van der Waals surface area contributed by atoms with Crippen molar-refractivity contribution in [3.05, 3.63) is 41.7 Å². The van der Waals surface area contributed by atoms with Gasteiger partial charge in [-0.15, -0.1) is 0 Å². The van der Waals surface area contributed by atoms with Crippen molar-refractivity contribution in [1.29, 1.82) is 0 Å². The number of piperidine rings is 1. The molecule has 0 bridgehead atoms. The van der Waals surface area contributed by atoms with Crippen LogP contribution in [0.2, 0.25) is 0 Å². The molecule has 1 amide bonds. The lowest BCUT2D eigenvalue weighted by Gasteiger charge is -2.50. The lowest BCUT2D eigenvalue weighted by Crippen LogP contribution is -2.59. The number of hydrogen-bond donors (Lipinski definition) is 3. The number of carboxylic acid groups (broad SMARTS) is 1. The Labute approximate surface area is 156 Å². The number of fused-ring (bicyclic) bond motifs is 5. The Bertz CT molecular complexity index is 879. The van der Waals surface area contributed by atoms with Gasteiger partial charge in [0.1, 0.15) is 0 Å². The van der Waals surface area contributed by atoms with Gasteiger partial charge in [-0.1, -0.05) is 18.2 Å². The van der Waals surface area contributed by atoms with Crippen LogP contribution in [0.1, 0.15) is 25.3 Å². The maximum atomic E-state index is 13.1. The first-order valence-corrected chi connectivity index (χ1v) is 9.33. The summed E-state index contributed by atoms with van der Waals surface area (Å²) in [7, 11) is 0. The van der Waals surface area contributed by atoms with E-state index in [0.717, 1.165) is 17.8 Å². The van der Waals surface area contributed by atoms with E-state index in [1.165, 1.54) is 6.26 Å². The molecule has 1 aromatic rings. The number of benzene rings is 1. The van der Waals surface area contributed by atoms with E-state index in [0.29, 0.717) is 19.4 Å². The molecule has 0 aromatic heterocycles. The fourth-order valence-corrected chi connectivity index (χ4v) is 5.68. The fraction of sp³-hybridized carbons (Fsp3) is 0.500. The molecule has 0 radical (unpaired) electrons. The van der Waals surface area contributed by atoms with Crippen molar-refractivity contribution in [3.63, 3.8) is 0 Å². The maximum Gasteiger partial charge on any atom is 0.334 e. The number of carbonyl (C=O) groups excluding carboxylic acids is 1. The first-order chi connectivity index (χ1) is 12.8. The smallest absolute Gasteiger partial charge is 0.334 e. The topological polar surface area (TPSA) is 99.1 Å². The zero-order valence-electron chi connectivity index (χ0n) is 15.0. The number of carbonyl (C=O) groups is 2. The van der Waals surface area contributed by atoms with Crippen molar-refractivity contribution in [2.24, 2.45) is 11.8 Å². The van der Waals surface area contributed by atoms with Crippen LogP contribution in [-0.2, 0) is 19.7 Å². The summed E-state index contributed by atoms with van der Waals surface area (Å²) < 4.78 is 5.36. The molecule has 4 aliphatic heterocycles. The summed E-state index contributed by atoms with van der Waals surface area (Å²) in [5, 5.41) is 23.3. The van der Waals surface area contributed by atoms with Crippen LogP contribution in [0, 0.1) is 11.8 Å². The van der Waals surface area contributed by atoms with Crippen molar-refractivity contribution in [3.8, 4) is 0 Å². The van der Waals surface area contributed by atoms with Gasteiger partial charge in [0, 0.05) is 37.0 Å². The molecule has 0 unspecified atom stereocenters. The van der Waals surface area contributed by atoms with Crippen molar-refractivity contribution in [2.45, 2.75) is 37.0 Å². The van der Waals surface area contributed by atoms with Crippen molar-refractivity contribution in [1.82, 2.24) is 4.90 Å². The molecule has 4 aliphatic rings. The number of nitrogens with zero attached hydrogens (tertiary/aromatic N) is 1. The van der Waals surface area contributed by atoms with Gasteiger partial charge in [-0.3, -0.25) is 9.69 Å². The number of aliphatic carboxylic acids is 1. The monoisotopic (exact) mass is 370 g/mol. The zero-order valence-corrected chi connectivity index (χ0v) is 15.0. The minimum absolute atomic E-state index is 0.00526. The standard InChI is InChI=1S/C20H22N2O5/c1-19(26)14-9-22-7-6-20(13-4-2-3-5-15(13)21-18(20)25)16(22)8-11(14)12(10-27-19)17(23)24/h2-5,10-11,14,16,26H,6-9H2,1H3,(H,21,25)(H,23,24)/t11-,14+,16+,19+,20-/m1/s1. The number of ether oxygens (including phenoxy) is 1. The lowest BCUT2D eigenvalue weighted by molar-refractivity contribution is -0.224. The van der Waals surface area contributed by atoms with Crippen molar-refractivity contribution >= 4 is 17.6 Å². The van der Waals surface area contributed by atoms with Crippen LogP contribution < -0.4 is 5.32 Å². The quantitative estimate of drug-likeness (QED) is 0.689. The Morgan fingerprint density at radius 3 is 2.93 bits per heavy atom. The lowest BCUT2D eigenvalue weighted by atomic mass is 9.66. The molecule has 2 saturated heterocycles. The Morgan fingerprint density at radius 2 is 2.15 bits per heavy atom. The van der Waals surface area contributed by atoms with Crippen molar-refractivity contribution in [2.75, 3.05) is 18.4 Å². The van der Waals surface area contributed by atoms with Gasteiger partial charge in [0.05, 0.1) is 17.3 Å². The van der Waals surface area contributed by atoms with E-state index in [1.54, 1.807) is 6.92 Å². The number of hydrogen-bond acceptors (Lipinski definition) is 5. The maximum absolute atomic E-state index is 13.1. The molecule has 4 heterocycles. The summed E-state index contributed by atoms with van der Waals surface area (Å²) in [6.07, 6.45) is 2.38. The van der Waals surface area contributed by atoms with Crippen LogP contribution in [0.3, 0.4) is 0 Å². The molecule has 0 saturated carbocycles. The molecule has 5 rings (SSSR count). The fourth-order valence-electron chi connectivity index (χ4n) is 5.68. The predicted octanol–water partition coefficient (Wildman–Crippen LogP) is 1.29. The third-order valence-electron chi connectivity index (χ3n) is 7.02. The number of nitrogens with one attached hydrogen (secondary N) is 1. The highest BCUT2D eigenvalue weighted by Crippen LogP contribution is 2.54. The van der Waals surface area contributed by atoms with E-state index in [9.17, 15) is 19.8 Å².